The van der Waals surface area contributed by atoms with Crippen LogP contribution in [0.1, 0.15) is 28.3 Å². The van der Waals surface area contributed by atoms with E-state index in [1.807, 2.05) is 26.0 Å². The van der Waals surface area contributed by atoms with Crippen LogP contribution in [0.4, 0.5) is 18.9 Å². The normalized spacial score (nSPS) is 13.3. The predicted molar refractivity (Wildman–Crippen MR) is 72.5 cm³/mol. The summed E-state index contributed by atoms with van der Waals surface area (Å²) < 4.78 is 38.6. The van der Waals surface area contributed by atoms with Gasteiger partial charge >= 0.3 is 6.18 Å². The smallest absolute Gasteiger partial charge is 0.377 e. The lowest BCUT2D eigenvalue weighted by molar-refractivity contribution is -0.137. The van der Waals surface area contributed by atoms with Gasteiger partial charge in [0.05, 0.1) is 11.6 Å². The van der Waals surface area contributed by atoms with Gasteiger partial charge in [-0.2, -0.15) is 13.2 Å². The second-order valence-corrected chi connectivity index (χ2v) is 5.68. The van der Waals surface area contributed by atoms with Crippen LogP contribution >= 0.6 is 11.3 Å². The van der Waals surface area contributed by atoms with Gasteiger partial charge in [-0.25, -0.2) is 0 Å². The van der Waals surface area contributed by atoms with Crippen molar-refractivity contribution in [3.63, 3.8) is 0 Å². The number of hydrogen-bond donors (Lipinski definition) is 1. The van der Waals surface area contributed by atoms with Gasteiger partial charge in [-0.3, -0.25) is 0 Å². The van der Waals surface area contributed by atoms with Crippen LogP contribution in [0.25, 0.3) is 0 Å². The molecule has 1 aromatic heterocycles. The van der Waals surface area contributed by atoms with Crippen LogP contribution < -0.4 is 5.32 Å². The molecule has 0 spiro atoms. The zero-order valence-electron chi connectivity index (χ0n) is 10.6. The molecule has 1 N–H and O–H groups in total. The minimum absolute atomic E-state index is 0.119. The molecule has 1 nitrogen and oxygen atoms in total. The Labute approximate surface area is 114 Å². The van der Waals surface area contributed by atoms with Crippen molar-refractivity contribution in [2.75, 3.05) is 5.32 Å². The maximum absolute atomic E-state index is 12.9. The van der Waals surface area contributed by atoms with E-state index in [-0.39, 0.29) is 11.7 Å². The number of para-hydroxylation sites is 1. The molecular weight excluding hydrogens is 271 g/mol. The number of benzene rings is 1. The third kappa shape index (κ3) is 3.29. The van der Waals surface area contributed by atoms with Crippen molar-refractivity contribution in [1.29, 1.82) is 0 Å². The van der Waals surface area contributed by atoms with Crippen LogP contribution in [0.5, 0.6) is 0 Å². The van der Waals surface area contributed by atoms with E-state index in [1.54, 1.807) is 17.4 Å². The summed E-state index contributed by atoms with van der Waals surface area (Å²) in [6.07, 6.45) is -4.34. The summed E-state index contributed by atoms with van der Waals surface area (Å²) in [7, 11) is 0. The van der Waals surface area contributed by atoms with Gasteiger partial charge in [0.1, 0.15) is 0 Å². The SMILES string of the molecule is Cc1ccc(C(C)Nc2ccccc2C(F)(F)F)s1. The molecule has 0 aliphatic rings. The highest BCUT2D eigenvalue weighted by Crippen LogP contribution is 2.36. The molecule has 0 saturated heterocycles. The van der Waals surface area contributed by atoms with E-state index in [0.29, 0.717) is 0 Å². The Morgan fingerprint density at radius 3 is 2.37 bits per heavy atom. The summed E-state index contributed by atoms with van der Waals surface area (Å²) in [6.45, 7) is 3.84. The second kappa shape index (κ2) is 5.25. The lowest BCUT2D eigenvalue weighted by Gasteiger charge is -2.18. The van der Waals surface area contributed by atoms with Gasteiger partial charge in [0.25, 0.3) is 0 Å². The van der Waals surface area contributed by atoms with Crippen LogP contribution in [0.3, 0.4) is 0 Å². The van der Waals surface area contributed by atoms with Crippen LogP contribution in [-0.2, 0) is 6.18 Å². The van der Waals surface area contributed by atoms with Crippen molar-refractivity contribution in [2.45, 2.75) is 26.1 Å². The summed E-state index contributed by atoms with van der Waals surface area (Å²) >= 11 is 1.58. The topological polar surface area (TPSA) is 12.0 Å². The molecule has 0 saturated carbocycles. The first-order valence-electron chi connectivity index (χ1n) is 5.87. The highest BCUT2D eigenvalue weighted by Gasteiger charge is 2.33. The highest BCUT2D eigenvalue weighted by molar-refractivity contribution is 7.12. The molecule has 0 aliphatic heterocycles. The van der Waals surface area contributed by atoms with E-state index in [4.69, 9.17) is 0 Å². The number of anilines is 1. The summed E-state index contributed by atoms with van der Waals surface area (Å²) in [6, 6.07) is 9.30. The van der Waals surface area contributed by atoms with E-state index in [0.717, 1.165) is 15.8 Å². The summed E-state index contributed by atoms with van der Waals surface area (Å²) in [5, 5.41) is 2.94. The fraction of sp³-hybridized carbons (Fsp3) is 0.286. The molecule has 19 heavy (non-hydrogen) atoms. The van der Waals surface area contributed by atoms with E-state index < -0.39 is 11.7 Å². The van der Waals surface area contributed by atoms with Crippen molar-refractivity contribution in [3.05, 3.63) is 51.7 Å². The quantitative estimate of drug-likeness (QED) is 0.812. The lowest BCUT2D eigenvalue weighted by atomic mass is 10.1. The molecule has 0 amide bonds. The van der Waals surface area contributed by atoms with Crippen molar-refractivity contribution < 1.29 is 13.2 Å². The van der Waals surface area contributed by atoms with Crippen molar-refractivity contribution >= 4 is 17.0 Å². The van der Waals surface area contributed by atoms with Crippen LogP contribution in [0.15, 0.2) is 36.4 Å². The second-order valence-electron chi connectivity index (χ2n) is 4.36. The molecule has 1 heterocycles. The standard InChI is InChI=1S/C14H14F3NS/c1-9-7-8-13(19-9)10(2)18-12-6-4-3-5-11(12)14(15,16)17/h3-8,10,18H,1-2H3. The lowest BCUT2D eigenvalue weighted by Crippen LogP contribution is -2.12. The van der Waals surface area contributed by atoms with E-state index >= 15 is 0 Å². The van der Waals surface area contributed by atoms with Crippen LogP contribution in [0, 0.1) is 6.92 Å². The fourth-order valence-electron chi connectivity index (χ4n) is 1.85. The molecule has 1 unspecified atom stereocenters. The third-order valence-corrected chi connectivity index (χ3v) is 3.98. The monoisotopic (exact) mass is 285 g/mol. The Kier molecular flexibility index (Phi) is 3.85. The molecule has 1 atom stereocenters. The van der Waals surface area contributed by atoms with Gasteiger partial charge in [0.15, 0.2) is 0 Å². The number of rotatable bonds is 3. The number of thiophene rings is 1. The van der Waals surface area contributed by atoms with Gasteiger partial charge in [-0.05, 0) is 38.1 Å². The van der Waals surface area contributed by atoms with Crippen LogP contribution in [0.2, 0.25) is 0 Å². The molecule has 0 fully saturated rings. The highest BCUT2D eigenvalue weighted by atomic mass is 32.1. The molecule has 1 aromatic carbocycles. The first-order chi connectivity index (χ1) is 8.88. The Hall–Kier alpha value is -1.49. The van der Waals surface area contributed by atoms with Gasteiger partial charge < -0.3 is 5.32 Å². The fourth-order valence-corrected chi connectivity index (χ4v) is 2.73. The van der Waals surface area contributed by atoms with Crippen molar-refractivity contribution in [1.82, 2.24) is 0 Å². The van der Waals surface area contributed by atoms with Crippen LogP contribution in [-0.4, -0.2) is 0 Å². The molecule has 2 rings (SSSR count). The number of hydrogen-bond acceptors (Lipinski definition) is 2. The average Bonchev–Trinajstić information content (AvgIpc) is 2.75. The summed E-state index contributed by atoms with van der Waals surface area (Å²) in [5.41, 5.74) is -0.510. The van der Waals surface area contributed by atoms with Crippen molar-refractivity contribution in [3.8, 4) is 0 Å². The Bertz CT molecular complexity index is 560. The van der Waals surface area contributed by atoms with Gasteiger partial charge in [0, 0.05) is 15.4 Å². The maximum Gasteiger partial charge on any atom is 0.418 e. The van der Waals surface area contributed by atoms with E-state index in [2.05, 4.69) is 5.32 Å². The minimum Gasteiger partial charge on any atom is -0.377 e. The molecule has 2 aromatic rings. The molecule has 5 heteroatoms. The Morgan fingerprint density at radius 2 is 1.79 bits per heavy atom. The Balaban J connectivity index is 2.24. The largest absolute Gasteiger partial charge is 0.418 e. The predicted octanol–water partition coefficient (Wildman–Crippen LogP) is 5.25. The molecule has 0 aliphatic carbocycles. The average molecular weight is 285 g/mol. The molecule has 0 bridgehead atoms. The van der Waals surface area contributed by atoms with E-state index in [1.165, 1.54) is 12.1 Å². The van der Waals surface area contributed by atoms with Gasteiger partial charge in [-0.15, -0.1) is 11.3 Å². The van der Waals surface area contributed by atoms with Crippen molar-refractivity contribution in [2.24, 2.45) is 0 Å². The van der Waals surface area contributed by atoms with Gasteiger partial charge in [-0.1, -0.05) is 12.1 Å². The maximum atomic E-state index is 12.9. The molecule has 102 valence electrons. The summed E-state index contributed by atoms with van der Waals surface area (Å²) in [5.74, 6) is 0. The number of alkyl halides is 3. The molecular formula is C14H14F3NS. The zero-order valence-corrected chi connectivity index (χ0v) is 11.4. The summed E-state index contributed by atoms with van der Waals surface area (Å²) in [4.78, 5) is 2.17. The molecule has 0 radical (unpaired) electrons. The Morgan fingerprint density at radius 1 is 1.11 bits per heavy atom. The number of aryl methyl sites for hydroxylation is 1. The first kappa shape index (κ1) is 13.9. The van der Waals surface area contributed by atoms with Gasteiger partial charge in [0.2, 0.25) is 0 Å². The third-order valence-electron chi connectivity index (χ3n) is 2.79. The minimum atomic E-state index is -4.34. The van der Waals surface area contributed by atoms with E-state index in [9.17, 15) is 13.2 Å². The first-order valence-corrected chi connectivity index (χ1v) is 6.68. The number of nitrogens with one attached hydrogen (secondary N) is 1. The number of halogens is 3. The zero-order chi connectivity index (χ0) is 14.0.